The average molecular weight is 519 g/mol. The number of esters is 3. The molecule has 3 rings (SSSR count). The van der Waals surface area contributed by atoms with Crippen molar-refractivity contribution >= 4 is 17.9 Å². The van der Waals surface area contributed by atoms with Crippen molar-refractivity contribution in [3.63, 3.8) is 0 Å². The van der Waals surface area contributed by atoms with E-state index in [-0.39, 0.29) is 23.9 Å². The molecule has 1 saturated heterocycles. The summed E-state index contributed by atoms with van der Waals surface area (Å²) in [5.74, 6) is -1.40. The van der Waals surface area contributed by atoms with E-state index in [9.17, 15) is 14.4 Å². The lowest BCUT2D eigenvalue weighted by molar-refractivity contribution is -0.246. The van der Waals surface area contributed by atoms with Gasteiger partial charge in [-0.25, -0.2) is 0 Å². The molecule has 8 heteroatoms. The first kappa shape index (κ1) is 29.1. The number of methoxy groups -OCH3 is 1. The molecule has 1 saturated carbocycles. The summed E-state index contributed by atoms with van der Waals surface area (Å²) in [6, 6.07) is 0. The van der Waals surface area contributed by atoms with Crippen molar-refractivity contribution in [2.45, 2.75) is 98.4 Å². The molecule has 0 aromatic carbocycles. The van der Waals surface area contributed by atoms with Crippen molar-refractivity contribution in [2.75, 3.05) is 7.11 Å². The van der Waals surface area contributed by atoms with Crippen LogP contribution in [-0.2, 0) is 38.1 Å². The Hall–Kier alpha value is -2.45. The maximum atomic E-state index is 12.7. The van der Waals surface area contributed by atoms with Gasteiger partial charge >= 0.3 is 17.9 Å². The molecule has 8 atom stereocenters. The number of carbonyl (C=O) groups is 3. The summed E-state index contributed by atoms with van der Waals surface area (Å²) in [6.45, 7) is 14.8. The molecule has 1 heterocycles. The Labute approximate surface area is 220 Å². The zero-order valence-electron chi connectivity index (χ0n) is 23.2. The molecule has 1 aliphatic heterocycles. The quantitative estimate of drug-likeness (QED) is 0.182. The van der Waals surface area contributed by atoms with E-state index in [0.29, 0.717) is 37.7 Å². The molecule has 206 valence electrons. The first-order valence-corrected chi connectivity index (χ1v) is 13.2. The van der Waals surface area contributed by atoms with E-state index in [1.165, 1.54) is 13.8 Å². The Morgan fingerprint density at radius 3 is 2.41 bits per heavy atom. The maximum absolute atomic E-state index is 12.7. The lowest BCUT2D eigenvalue weighted by Gasteiger charge is -2.60. The third kappa shape index (κ3) is 5.55. The maximum Gasteiger partial charge on any atom is 0.306 e. The number of ether oxygens (including phenoxy) is 5. The molecule has 8 nitrogen and oxygen atoms in total. The van der Waals surface area contributed by atoms with E-state index in [2.05, 4.69) is 26.5 Å². The van der Waals surface area contributed by atoms with E-state index < -0.39 is 41.5 Å². The van der Waals surface area contributed by atoms with Crippen molar-refractivity contribution < 1.29 is 38.1 Å². The van der Waals surface area contributed by atoms with Gasteiger partial charge in [0, 0.05) is 39.4 Å². The molecule has 0 aromatic rings. The molecule has 2 fully saturated rings. The molecule has 2 aliphatic carbocycles. The van der Waals surface area contributed by atoms with Gasteiger partial charge in [-0.1, -0.05) is 45.1 Å². The van der Waals surface area contributed by atoms with Crippen LogP contribution in [0.25, 0.3) is 0 Å². The van der Waals surface area contributed by atoms with Gasteiger partial charge in [-0.15, -0.1) is 0 Å². The average Bonchev–Trinajstić information content (AvgIpc) is 3.11. The predicted octanol–water partition coefficient (Wildman–Crippen LogP) is 5.02. The van der Waals surface area contributed by atoms with E-state index in [1.54, 1.807) is 7.11 Å². The van der Waals surface area contributed by atoms with Crippen molar-refractivity contribution in [3.8, 4) is 0 Å². The zero-order chi connectivity index (χ0) is 27.5. The lowest BCUT2D eigenvalue weighted by Crippen LogP contribution is -2.61. The molecule has 0 unspecified atom stereocenters. The van der Waals surface area contributed by atoms with Crippen LogP contribution < -0.4 is 0 Å². The van der Waals surface area contributed by atoms with Crippen molar-refractivity contribution in [3.05, 3.63) is 36.0 Å². The Balaban J connectivity index is 2.23. The first-order valence-electron chi connectivity index (χ1n) is 13.2. The van der Waals surface area contributed by atoms with Crippen LogP contribution in [0.2, 0.25) is 0 Å². The summed E-state index contributed by atoms with van der Waals surface area (Å²) in [6.07, 6.45) is 5.84. The van der Waals surface area contributed by atoms with Crippen molar-refractivity contribution in [1.29, 1.82) is 0 Å². The molecular weight excluding hydrogens is 476 g/mol. The number of rotatable bonds is 9. The van der Waals surface area contributed by atoms with E-state index in [0.717, 1.165) is 5.57 Å². The second-order valence-electron chi connectivity index (χ2n) is 10.9. The monoisotopic (exact) mass is 518 g/mol. The highest BCUT2D eigenvalue weighted by Crippen LogP contribution is 2.67. The molecule has 0 bridgehead atoms. The standard InChI is InChI=1S/C29H42O8/c1-9-11-25(32)36-23-16-29-22(26(34-19(5)30)37-27(29)35-20(6)31)14-21(33-8)15-24(29)28(7,18(23)4)13-12-17(3)10-2/h10,12,14,18,21,23-24,26-27H,2,9,11,13,15-16H2,1,3-8H3/b17-12-/t18-,21+,23-,24+,26+,27-,28-,29-/m1/s1. The van der Waals surface area contributed by atoms with Crippen LogP contribution in [0.4, 0.5) is 0 Å². The van der Waals surface area contributed by atoms with Crippen LogP contribution in [0.5, 0.6) is 0 Å². The normalized spacial score (nSPS) is 37.1. The summed E-state index contributed by atoms with van der Waals surface area (Å²) in [4.78, 5) is 37.0. The summed E-state index contributed by atoms with van der Waals surface area (Å²) in [7, 11) is 1.65. The van der Waals surface area contributed by atoms with Gasteiger partial charge in [0.05, 0.1) is 11.5 Å². The smallest absolute Gasteiger partial charge is 0.306 e. The SMILES string of the molecule is C=C/C(C)=C\C[C@]1(C)[C@H](C)[C@H](OC(=O)CCC)C[C@@]23C(=C[C@H](OC)C[C@@H]12)[C@@H](OC(C)=O)O[C@H]3OC(C)=O. The Kier molecular flexibility index (Phi) is 9.06. The van der Waals surface area contributed by atoms with E-state index >= 15 is 0 Å². The fourth-order valence-corrected chi connectivity index (χ4v) is 6.50. The first-order chi connectivity index (χ1) is 17.4. The third-order valence-corrected chi connectivity index (χ3v) is 8.62. The fraction of sp³-hybridized carbons (Fsp3) is 0.690. The van der Waals surface area contributed by atoms with Crippen LogP contribution in [0.1, 0.15) is 73.6 Å². The van der Waals surface area contributed by atoms with Crippen LogP contribution >= 0.6 is 0 Å². The van der Waals surface area contributed by atoms with Gasteiger partial charge < -0.3 is 18.9 Å². The molecular formula is C29H42O8. The third-order valence-electron chi connectivity index (χ3n) is 8.62. The van der Waals surface area contributed by atoms with Crippen LogP contribution in [0.3, 0.4) is 0 Å². The van der Waals surface area contributed by atoms with Gasteiger partial charge in [-0.05, 0) is 49.5 Å². The molecule has 0 N–H and O–H groups in total. The minimum atomic E-state index is -1.03. The van der Waals surface area contributed by atoms with Gasteiger partial charge in [0.1, 0.15) is 6.10 Å². The van der Waals surface area contributed by atoms with Gasteiger partial charge in [-0.2, -0.15) is 0 Å². The van der Waals surface area contributed by atoms with Gasteiger partial charge in [-0.3, -0.25) is 19.1 Å². The summed E-state index contributed by atoms with van der Waals surface area (Å²) >= 11 is 0. The second kappa shape index (κ2) is 11.5. The second-order valence-corrected chi connectivity index (χ2v) is 10.9. The van der Waals surface area contributed by atoms with Crippen LogP contribution in [0.15, 0.2) is 36.0 Å². The fourth-order valence-electron chi connectivity index (χ4n) is 6.50. The van der Waals surface area contributed by atoms with Gasteiger partial charge in [0.25, 0.3) is 0 Å². The summed E-state index contributed by atoms with van der Waals surface area (Å²) in [5, 5.41) is 0. The highest BCUT2D eigenvalue weighted by molar-refractivity contribution is 5.69. The molecule has 3 aliphatic rings. The van der Waals surface area contributed by atoms with E-state index in [4.69, 9.17) is 23.7 Å². The Bertz CT molecular complexity index is 967. The largest absolute Gasteiger partial charge is 0.462 e. The van der Waals surface area contributed by atoms with Crippen molar-refractivity contribution in [1.82, 2.24) is 0 Å². The number of allylic oxidation sites excluding steroid dienone is 3. The number of carbonyl (C=O) groups excluding carboxylic acids is 3. The minimum Gasteiger partial charge on any atom is -0.462 e. The minimum absolute atomic E-state index is 0.0274. The molecule has 37 heavy (non-hydrogen) atoms. The molecule has 0 aromatic heterocycles. The topological polar surface area (TPSA) is 97.4 Å². The van der Waals surface area contributed by atoms with Gasteiger partial charge in [0.15, 0.2) is 0 Å². The van der Waals surface area contributed by atoms with Crippen LogP contribution in [-0.4, -0.2) is 49.8 Å². The zero-order valence-corrected chi connectivity index (χ0v) is 23.2. The highest BCUT2D eigenvalue weighted by Gasteiger charge is 2.70. The summed E-state index contributed by atoms with van der Waals surface area (Å²) in [5.41, 5.74) is 0.466. The van der Waals surface area contributed by atoms with Crippen LogP contribution in [0, 0.1) is 22.7 Å². The number of hydrogen-bond donors (Lipinski definition) is 0. The highest BCUT2D eigenvalue weighted by atomic mass is 16.8. The van der Waals surface area contributed by atoms with Crippen molar-refractivity contribution in [2.24, 2.45) is 22.7 Å². The Morgan fingerprint density at radius 2 is 1.84 bits per heavy atom. The van der Waals surface area contributed by atoms with E-state index in [1.807, 2.05) is 26.0 Å². The predicted molar refractivity (Wildman–Crippen MR) is 137 cm³/mol. The molecule has 0 amide bonds. The van der Waals surface area contributed by atoms with Gasteiger partial charge in [0.2, 0.25) is 12.6 Å². The summed E-state index contributed by atoms with van der Waals surface area (Å²) < 4.78 is 29.5. The lowest BCUT2D eigenvalue weighted by atomic mass is 9.45. The Morgan fingerprint density at radius 1 is 1.16 bits per heavy atom. The number of hydrogen-bond acceptors (Lipinski definition) is 8. The molecule has 1 spiro atoms. The molecule has 0 radical (unpaired) electrons.